The molecule has 1 amide bonds. The number of nitrogens with zero attached hydrogens (tertiary/aromatic N) is 2. The Balaban J connectivity index is 1.65. The number of amides is 1. The van der Waals surface area contributed by atoms with Crippen molar-refractivity contribution in [2.75, 3.05) is 5.32 Å². The molecule has 1 aromatic heterocycles. The van der Waals surface area contributed by atoms with E-state index in [-0.39, 0.29) is 5.92 Å². The number of alkyl halides is 3. The van der Waals surface area contributed by atoms with Gasteiger partial charge < -0.3 is 15.0 Å². The lowest BCUT2D eigenvalue weighted by atomic mass is 9.83. The molecule has 1 saturated carbocycles. The highest BCUT2D eigenvalue weighted by Crippen LogP contribution is 2.40. The SMILES string of the molecule is Cc1ccc(-c2nc3ccccc3n2C(C(=O)Nc2ccc(C(=O)O)cc2C(F)(F)F)C2CCCCC2)cc1. The maximum Gasteiger partial charge on any atom is 0.418 e. The van der Waals surface area contributed by atoms with Crippen molar-refractivity contribution in [2.45, 2.75) is 51.2 Å². The van der Waals surface area contributed by atoms with Gasteiger partial charge in [-0.25, -0.2) is 9.78 Å². The Labute approximate surface area is 223 Å². The molecule has 1 atom stereocenters. The lowest BCUT2D eigenvalue weighted by molar-refractivity contribution is -0.137. The van der Waals surface area contributed by atoms with E-state index in [2.05, 4.69) is 5.32 Å². The number of halogens is 3. The predicted octanol–water partition coefficient (Wildman–Crippen LogP) is 7.49. The number of aromatic carboxylic acids is 1. The number of rotatable bonds is 6. The van der Waals surface area contributed by atoms with Gasteiger partial charge >= 0.3 is 12.1 Å². The fraction of sp³-hybridized carbons (Fsp3) is 0.300. The van der Waals surface area contributed by atoms with E-state index in [0.29, 0.717) is 17.4 Å². The second-order valence-electron chi connectivity index (χ2n) is 10.1. The number of carbonyl (C=O) groups is 2. The first-order valence-corrected chi connectivity index (χ1v) is 12.9. The maximum atomic E-state index is 14.0. The van der Waals surface area contributed by atoms with Gasteiger partial charge in [0.2, 0.25) is 5.91 Å². The van der Waals surface area contributed by atoms with Crippen LogP contribution in [-0.4, -0.2) is 26.5 Å². The van der Waals surface area contributed by atoms with Crippen LogP contribution in [0.25, 0.3) is 22.4 Å². The van der Waals surface area contributed by atoms with Gasteiger partial charge in [0.1, 0.15) is 11.9 Å². The zero-order chi connectivity index (χ0) is 27.7. The third kappa shape index (κ3) is 5.39. The molecule has 5 rings (SSSR count). The molecule has 1 aliphatic rings. The van der Waals surface area contributed by atoms with Gasteiger partial charge in [-0.3, -0.25) is 4.79 Å². The zero-order valence-corrected chi connectivity index (χ0v) is 21.3. The third-order valence-corrected chi connectivity index (χ3v) is 7.38. The number of fused-ring (bicyclic) bond motifs is 1. The summed E-state index contributed by atoms with van der Waals surface area (Å²) < 4.78 is 43.7. The molecule has 2 N–H and O–H groups in total. The smallest absolute Gasteiger partial charge is 0.418 e. The number of para-hydroxylation sites is 2. The summed E-state index contributed by atoms with van der Waals surface area (Å²) in [5, 5.41) is 11.7. The number of hydrogen-bond acceptors (Lipinski definition) is 3. The van der Waals surface area contributed by atoms with Gasteiger partial charge in [-0.2, -0.15) is 13.2 Å². The minimum absolute atomic E-state index is 0.117. The normalized spacial score (nSPS) is 15.3. The number of carboxylic acids is 1. The molecular formula is C30H28F3N3O3. The Hall–Kier alpha value is -4.14. The maximum absolute atomic E-state index is 14.0. The van der Waals surface area contributed by atoms with Crippen LogP contribution in [0.2, 0.25) is 0 Å². The van der Waals surface area contributed by atoms with E-state index in [1.807, 2.05) is 60.0 Å². The number of benzene rings is 3. The average Bonchev–Trinajstić information content (AvgIpc) is 3.28. The Morgan fingerprint density at radius 3 is 2.36 bits per heavy atom. The first-order valence-electron chi connectivity index (χ1n) is 12.9. The van der Waals surface area contributed by atoms with E-state index in [0.717, 1.165) is 60.9 Å². The van der Waals surface area contributed by atoms with E-state index in [1.54, 1.807) is 0 Å². The number of nitrogens with one attached hydrogen (secondary N) is 1. The summed E-state index contributed by atoms with van der Waals surface area (Å²) in [5.41, 5.74) is 1.08. The van der Waals surface area contributed by atoms with Crippen LogP contribution in [0, 0.1) is 12.8 Å². The van der Waals surface area contributed by atoms with Crippen molar-refractivity contribution in [1.29, 1.82) is 0 Å². The fourth-order valence-corrected chi connectivity index (χ4v) is 5.45. The largest absolute Gasteiger partial charge is 0.478 e. The summed E-state index contributed by atoms with van der Waals surface area (Å²) in [6, 6.07) is 17.0. The summed E-state index contributed by atoms with van der Waals surface area (Å²) in [6.45, 7) is 1.97. The van der Waals surface area contributed by atoms with Crippen LogP contribution in [0.5, 0.6) is 0 Å². The van der Waals surface area contributed by atoms with Crippen molar-refractivity contribution < 1.29 is 27.9 Å². The van der Waals surface area contributed by atoms with E-state index < -0.39 is 40.9 Å². The first kappa shape index (κ1) is 26.5. The predicted molar refractivity (Wildman–Crippen MR) is 143 cm³/mol. The molecule has 39 heavy (non-hydrogen) atoms. The van der Waals surface area contributed by atoms with Crippen LogP contribution in [0.4, 0.5) is 18.9 Å². The van der Waals surface area contributed by atoms with Crippen LogP contribution >= 0.6 is 0 Å². The molecule has 0 radical (unpaired) electrons. The number of carbonyl (C=O) groups excluding carboxylic acids is 1. The molecule has 3 aromatic carbocycles. The minimum Gasteiger partial charge on any atom is -0.478 e. The molecule has 1 fully saturated rings. The van der Waals surface area contributed by atoms with E-state index in [9.17, 15) is 27.9 Å². The number of carboxylic acid groups (broad SMARTS) is 1. The Kier molecular flexibility index (Phi) is 7.16. The van der Waals surface area contributed by atoms with Crippen molar-refractivity contribution in [1.82, 2.24) is 9.55 Å². The highest BCUT2D eigenvalue weighted by molar-refractivity contribution is 5.97. The highest BCUT2D eigenvalue weighted by atomic mass is 19.4. The quantitative estimate of drug-likeness (QED) is 0.268. The van der Waals surface area contributed by atoms with Gasteiger partial charge in [-0.05, 0) is 56.0 Å². The van der Waals surface area contributed by atoms with Gasteiger partial charge in [-0.15, -0.1) is 0 Å². The number of aromatic nitrogens is 2. The molecule has 0 spiro atoms. The third-order valence-electron chi connectivity index (χ3n) is 7.38. The molecule has 6 nitrogen and oxygen atoms in total. The van der Waals surface area contributed by atoms with Crippen molar-refractivity contribution >= 4 is 28.6 Å². The van der Waals surface area contributed by atoms with Crippen LogP contribution in [-0.2, 0) is 11.0 Å². The van der Waals surface area contributed by atoms with Gasteiger partial charge in [0.05, 0.1) is 27.8 Å². The van der Waals surface area contributed by atoms with Gasteiger partial charge in [-0.1, -0.05) is 61.2 Å². The van der Waals surface area contributed by atoms with Crippen molar-refractivity contribution in [3.05, 3.63) is 83.4 Å². The van der Waals surface area contributed by atoms with Crippen molar-refractivity contribution in [3.8, 4) is 11.4 Å². The second kappa shape index (κ2) is 10.6. The Morgan fingerprint density at radius 1 is 1.00 bits per heavy atom. The number of hydrogen-bond donors (Lipinski definition) is 2. The standard InChI is InChI=1S/C30H28F3N3O3/c1-18-11-13-20(14-12-18)27-34-24-9-5-6-10-25(24)36(27)26(19-7-3-2-4-8-19)28(37)35-23-16-15-21(29(38)39)17-22(23)30(31,32)33/h5-6,9-17,19,26H,2-4,7-8H2,1H3,(H,35,37)(H,38,39). The molecule has 9 heteroatoms. The molecule has 1 aliphatic carbocycles. The lowest BCUT2D eigenvalue weighted by Gasteiger charge is -2.32. The van der Waals surface area contributed by atoms with Crippen molar-refractivity contribution in [2.24, 2.45) is 5.92 Å². The molecular weight excluding hydrogens is 507 g/mol. The second-order valence-corrected chi connectivity index (χ2v) is 10.1. The number of aryl methyl sites for hydroxylation is 1. The van der Waals surface area contributed by atoms with Crippen LogP contribution in [0.1, 0.15) is 59.6 Å². The Morgan fingerprint density at radius 2 is 1.69 bits per heavy atom. The van der Waals surface area contributed by atoms with E-state index >= 15 is 0 Å². The number of imidazole rings is 1. The lowest BCUT2D eigenvalue weighted by Crippen LogP contribution is -2.34. The summed E-state index contributed by atoms with van der Waals surface area (Å²) in [7, 11) is 0. The monoisotopic (exact) mass is 535 g/mol. The molecule has 0 aliphatic heterocycles. The van der Waals surface area contributed by atoms with E-state index in [4.69, 9.17) is 4.98 Å². The van der Waals surface area contributed by atoms with Gasteiger partial charge in [0.25, 0.3) is 0 Å². The molecule has 4 aromatic rings. The average molecular weight is 536 g/mol. The highest BCUT2D eigenvalue weighted by Gasteiger charge is 2.38. The summed E-state index contributed by atoms with van der Waals surface area (Å²) in [6.07, 6.45) is -0.480. The zero-order valence-electron chi connectivity index (χ0n) is 21.3. The fourth-order valence-electron chi connectivity index (χ4n) is 5.45. The summed E-state index contributed by atoms with van der Waals surface area (Å²) in [5.74, 6) is -1.62. The molecule has 1 unspecified atom stereocenters. The Bertz CT molecular complexity index is 1520. The topological polar surface area (TPSA) is 84.2 Å². The number of anilines is 1. The van der Waals surface area contributed by atoms with Crippen LogP contribution in [0.15, 0.2) is 66.7 Å². The summed E-state index contributed by atoms with van der Waals surface area (Å²) >= 11 is 0. The molecule has 1 heterocycles. The van der Waals surface area contributed by atoms with Gasteiger partial charge in [0, 0.05) is 5.56 Å². The van der Waals surface area contributed by atoms with Crippen LogP contribution < -0.4 is 5.32 Å². The van der Waals surface area contributed by atoms with Crippen LogP contribution in [0.3, 0.4) is 0 Å². The summed E-state index contributed by atoms with van der Waals surface area (Å²) in [4.78, 5) is 30.2. The molecule has 202 valence electrons. The van der Waals surface area contributed by atoms with E-state index in [1.165, 1.54) is 0 Å². The van der Waals surface area contributed by atoms with Crippen molar-refractivity contribution in [3.63, 3.8) is 0 Å². The first-order chi connectivity index (χ1) is 18.6. The molecule has 0 bridgehead atoms. The molecule has 0 saturated heterocycles. The minimum atomic E-state index is -4.86. The van der Waals surface area contributed by atoms with Gasteiger partial charge in [0.15, 0.2) is 0 Å².